The number of nitrogens with zero attached hydrogens (tertiary/aromatic N) is 1. The van der Waals surface area contributed by atoms with E-state index in [1.54, 1.807) is 0 Å². The van der Waals surface area contributed by atoms with E-state index < -0.39 is 0 Å². The van der Waals surface area contributed by atoms with Gasteiger partial charge < -0.3 is 15.2 Å². The Morgan fingerprint density at radius 1 is 1.62 bits per heavy atom. The van der Waals surface area contributed by atoms with E-state index >= 15 is 0 Å². The maximum absolute atomic E-state index is 12.1. The third kappa shape index (κ3) is 2.89. The smallest absolute Gasteiger partial charge is 0.270 e. The van der Waals surface area contributed by atoms with Gasteiger partial charge in [-0.15, -0.1) is 12.4 Å². The molecule has 1 aromatic heterocycles. The Balaban J connectivity index is 0.00000128. The van der Waals surface area contributed by atoms with Gasteiger partial charge in [0.15, 0.2) is 0 Å². The largest absolute Gasteiger partial charge is 0.356 e. The first-order valence-electron chi connectivity index (χ1n) is 5.04. The number of rotatable bonds is 1. The molecule has 1 aromatic rings. The minimum Gasteiger partial charge on any atom is -0.356 e. The van der Waals surface area contributed by atoms with Crippen LogP contribution in [-0.4, -0.2) is 41.5 Å². The molecule has 16 heavy (non-hydrogen) atoms. The molecular weight excluding hydrogens is 340 g/mol. The Morgan fingerprint density at radius 2 is 2.38 bits per heavy atom. The first-order chi connectivity index (χ1) is 7.18. The van der Waals surface area contributed by atoms with Crippen molar-refractivity contribution in [2.45, 2.75) is 13.0 Å². The van der Waals surface area contributed by atoms with Gasteiger partial charge >= 0.3 is 0 Å². The molecule has 0 unspecified atom stereocenters. The lowest BCUT2D eigenvalue weighted by molar-refractivity contribution is 0.0650. The average molecular weight is 356 g/mol. The van der Waals surface area contributed by atoms with Gasteiger partial charge in [-0.25, -0.2) is 0 Å². The summed E-state index contributed by atoms with van der Waals surface area (Å²) in [4.78, 5) is 17.0. The van der Waals surface area contributed by atoms with Crippen molar-refractivity contribution >= 4 is 40.9 Å². The van der Waals surface area contributed by atoms with E-state index in [1.165, 1.54) is 0 Å². The molecule has 2 rings (SSSR count). The number of carbonyl (C=O) groups excluding carboxylic acids is 1. The molecule has 1 aliphatic heterocycles. The second kappa shape index (κ2) is 5.88. The van der Waals surface area contributed by atoms with E-state index in [1.807, 2.05) is 17.2 Å². The van der Waals surface area contributed by atoms with Crippen LogP contribution in [0.15, 0.2) is 12.3 Å². The number of H-pyrrole nitrogens is 1. The molecule has 1 atom stereocenters. The highest BCUT2D eigenvalue weighted by Crippen LogP contribution is 2.12. The van der Waals surface area contributed by atoms with Crippen molar-refractivity contribution in [1.29, 1.82) is 0 Å². The average Bonchev–Trinajstić information content (AvgIpc) is 2.65. The summed E-state index contributed by atoms with van der Waals surface area (Å²) in [5, 5.41) is 3.27. The number of hydrogen-bond donors (Lipinski definition) is 2. The summed E-state index contributed by atoms with van der Waals surface area (Å²) >= 11 is 2.20. The summed E-state index contributed by atoms with van der Waals surface area (Å²) < 4.78 is 1.07. The molecule has 0 bridgehead atoms. The van der Waals surface area contributed by atoms with Crippen molar-refractivity contribution in [1.82, 2.24) is 15.2 Å². The number of nitrogens with one attached hydrogen (secondary N) is 2. The molecule has 1 aliphatic rings. The van der Waals surface area contributed by atoms with Crippen molar-refractivity contribution < 1.29 is 4.79 Å². The summed E-state index contributed by atoms with van der Waals surface area (Å²) in [7, 11) is 0. The highest BCUT2D eigenvalue weighted by atomic mass is 127. The summed E-state index contributed by atoms with van der Waals surface area (Å²) in [6.45, 7) is 4.62. The van der Waals surface area contributed by atoms with Crippen molar-refractivity contribution in [3.8, 4) is 0 Å². The van der Waals surface area contributed by atoms with Crippen LogP contribution in [0.25, 0.3) is 0 Å². The maximum atomic E-state index is 12.1. The number of aromatic nitrogens is 1. The third-order valence-electron chi connectivity index (χ3n) is 2.64. The van der Waals surface area contributed by atoms with Crippen LogP contribution in [0.3, 0.4) is 0 Å². The van der Waals surface area contributed by atoms with E-state index in [2.05, 4.69) is 39.8 Å². The van der Waals surface area contributed by atoms with Crippen LogP contribution in [0, 0.1) is 3.57 Å². The zero-order valence-corrected chi connectivity index (χ0v) is 12.0. The number of aromatic amines is 1. The first-order valence-corrected chi connectivity index (χ1v) is 6.12. The van der Waals surface area contributed by atoms with Gasteiger partial charge in [0.25, 0.3) is 5.91 Å². The molecule has 0 radical (unpaired) electrons. The van der Waals surface area contributed by atoms with Gasteiger partial charge in [-0.1, -0.05) is 0 Å². The summed E-state index contributed by atoms with van der Waals surface area (Å²) in [6.07, 6.45) is 1.85. The zero-order chi connectivity index (χ0) is 10.8. The quantitative estimate of drug-likeness (QED) is 0.750. The van der Waals surface area contributed by atoms with E-state index in [-0.39, 0.29) is 24.4 Å². The summed E-state index contributed by atoms with van der Waals surface area (Å²) in [6, 6.07) is 2.16. The molecule has 6 heteroatoms. The van der Waals surface area contributed by atoms with Gasteiger partial charge in [0, 0.05) is 35.4 Å². The standard InChI is InChI=1S/C10H14IN3O.ClH/c1-7-5-12-2-3-14(7)10(15)9-4-8(11)6-13-9;/h4,6-7,12-13H,2-3,5H2,1H3;1H/t7-;/m0./s1. The van der Waals surface area contributed by atoms with Crippen LogP contribution in [0.4, 0.5) is 0 Å². The van der Waals surface area contributed by atoms with E-state index in [9.17, 15) is 4.79 Å². The van der Waals surface area contributed by atoms with E-state index in [0.29, 0.717) is 5.69 Å². The zero-order valence-electron chi connectivity index (χ0n) is 9.00. The molecule has 4 nitrogen and oxygen atoms in total. The highest BCUT2D eigenvalue weighted by Gasteiger charge is 2.24. The number of piperazine rings is 1. The number of carbonyl (C=O) groups is 1. The molecule has 2 heterocycles. The first kappa shape index (κ1) is 13.8. The van der Waals surface area contributed by atoms with E-state index in [0.717, 1.165) is 23.2 Å². The normalized spacial score (nSPS) is 20.4. The number of amides is 1. The molecular formula is C10H15ClIN3O. The fourth-order valence-corrected chi connectivity index (χ4v) is 2.26. The summed E-state index contributed by atoms with van der Waals surface area (Å²) in [5.41, 5.74) is 0.688. The number of hydrogen-bond acceptors (Lipinski definition) is 2. The van der Waals surface area contributed by atoms with Gasteiger partial charge in [-0.2, -0.15) is 0 Å². The van der Waals surface area contributed by atoms with Gasteiger partial charge in [0.1, 0.15) is 5.69 Å². The SMILES string of the molecule is C[C@H]1CNCCN1C(=O)c1cc(I)c[nH]1.Cl. The molecule has 1 fully saturated rings. The predicted octanol–water partition coefficient (Wildman–Crippen LogP) is 1.47. The van der Waals surface area contributed by atoms with Crippen LogP contribution >= 0.6 is 35.0 Å². The Hall–Kier alpha value is -0.270. The lowest BCUT2D eigenvalue weighted by Gasteiger charge is -2.33. The Kier molecular flexibility index (Phi) is 5.07. The molecule has 2 N–H and O–H groups in total. The van der Waals surface area contributed by atoms with Crippen molar-refractivity contribution in [3.05, 3.63) is 21.5 Å². The lowest BCUT2D eigenvalue weighted by Crippen LogP contribution is -2.52. The molecule has 1 amide bonds. The minimum atomic E-state index is 0. The second-order valence-corrected chi connectivity index (χ2v) is 5.03. The second-order valence-electron chi connectivity index (χ2n) is 3.78. The van der Waals surface area contributed by atoms with Gasteiger partial charge in [0.2, 0.25) is 0 Å². The Labute approximate surface area is 115 Å². The highest BCUT2D eigenvalue weighted by molar-refractivity contribution is 14.1. The number of halogens is 2. The van der Waals surface area contributed by atoms with Gasteiger partial charge in [0.05, 0.1) is 0 Å². The fourth-order valence-electron chi connectivity index (χ4n) is 1.79. The van der Waals surface area contributed by atoms with Crippen molar-refractivity contribution in [2.24, 2.45) is 0 Å². The third-order valence-corrected chi connectivity index (χ3v) is 3.26. The van der Waals surface area contributed by atoms with Crippen LogP contribution in [0.1, 0.15) is 17.4 Å². The van der Waals surface area contributed by atoms with Crippen LogP contribution in [0.2, 0.25) is 0 Å². The minimum absolute atomic E-state index is 0. The predicted molar refractivity (Wildman–Crippen MR) is 74.1 cm³/mol. The molecule has 90 valence electrons. The van der Waals surface area contributed by atoms with Crippen LogP contribution < -0.4 is 5.32 Å². The maximum Gasteiger partial charge on any atom is 0.270 e. The topological polar surface area (TPSA) is 48.1 Å². The van der Waals surface area contributed by atoms with Crippen molar-refractivity contribution in [2.75, 3.05) is 19.6 Å². The van der Waals surface area contributed by atoms with Crippen molar-refractivity contribution in [3.63, 3.8) is 0 Å². The van der Waals surface area contributed by atoms with Crippen LogP contribution in [-0.2, 0) is 0 Å². The monoisotopic (exact) mass is 355 g/mol. The van der Waals surface area contributed by atoms with E-state index in [4.69, 9.17) is 0 Å². The molecule has 0 spiro atoms. The molecule has 0 aromatic carbocycles. The molecule has 1 saturated heterocycles. The summed E-state index contributed by atoms with van der Waals surface area (Å²) in [5.74, 6) is 0.104. The Bertz CT molecular complexity index is 369. The van der Waals surface area contributed by atoms with Gasteiger partial charge in [-0.3, -0.25) is 4.79 Å². The Morgan fingerprint density at radius 3 is 2.94 bits per heavy atom. The molecule has 0 aliphatic carbocycles. The van der Waals surface area contributed by atoms with Gasteiger partial charge in [-0.05, 0) is 35.6 Å². The lowest BCUT2D eigenvalue weighted by atomic mass is 10.2. The fraction of sp³-hybridized carbons (Fsp3) is 0.500. The van der Waals surface area contributed by atoms with Crippen LogP contribution in [0.5, 0.6) is 0 Å². The molecule has 0 saturated carbocycles.